The lowest BCUT2D eigenvalue weighted by molar-refractivity contribution is 0.135. The molecule has 2 aromatic heterocycles. The Morgan fingerprint density at radius 2 is 1.90 bits per heavy atom. The van der Waals surface area contributed by atoms with Crippen molar-refractivity contribution in [1.29, 1.82) is 0 Å². The first-order chi connectivity index (χ1) is 19.8. The predicted octanol–water partition coefficient (Wildman–Crippen LogP) is 4.74. The molecule has 0 radical (unpaired) electrons. The van der Waals surface area contributed by atoms with Crippen LogP contribution in [0.3, 0.4) is 0 Å². The van der Waals surface area contributed by atoms with Crippen molar-refractivity contribution in [2.45, 2.75) is 69.1 Å². The highest BCUT2D eigenvalue weighted by Gasteiger charge is 2.32. The first-order valence-electron chi connectivity index (χ1n) is 14.2. The number of aromatic amines is 1. The lowest BCUT2D eigenvalue weighted by Gasteiger charge is -2.27. The molecule has 2 aliphatic heterocycles. The number of aliphatic hydroxyl groups is 1. The maximum Gasteiger partial charge on any atom is 0.231 e. The van der Waals surface area contributed by atoms with E-state index in [1.807, 2.05) is 45.0 Å². The standard InChI is InChI=1S/C30H37N7O3S/c1-16(2)41(39)24-8-6-5-7-22(24)32-28-26-18(4)36-37-29(26)35-30(34-28)33-23-13-17(3)25(19-9-11-31-12-10-19)21-14-20(15-38)40-27(21)23/h5-8,13,16,19-20,31,38H,9-12,14-15H2,1-4H3,(H3,32,33,34,35,36,37). The predicted molar refractivity (Wildman–Crippen MR) is 162 cm³/mol. The minimum atomic E-state index is -1.18. The second-order valence-corrected chi connectivity index (χ2v) is 13.1. The van der Waals surface area contributed by atoms with E-state index in [-0.39, 0.29) is 18.0 Å². The summed E-state index contributed by atoms with van der Waals surface area (Å²) < 4.78 is 19.3. The van der Waals surface area contributed by atoms with Gasteiger partial charge in [0.1, 0.15) is 17.7 Å². The number of hydrogen-bond donors (Lipinski definition) is 5. The summed E-state index contributed by atoms with van der Waals surface area (Å²) in [6.45, 7) is 9.92. The summed E-state index contributed by atoms with van der Waals surface area (Å²) in [6, 6.07) is 9.69. The zero-order chi connectivity index (χ0) is 28.7. The number of para-hydroxylation sites is 1. The van der Waals surface area contributed by atoms with Gasteiger partial charge in [0.2, 0.25) is 5.95 Å². The molecule has 1 fully saturated rings. The van der Waals surface area contributed by atoms with Gasteiger partial charge in [-0.3, -0.25) is 9.31 Å². The number of ether oxygens (including phenoxy) is 1. The molecule has 6 rings (SSSR count). The number of nitrogens with one attached hydrogen (secondary N) is 4. The third kappa shape index (κ3) is 5.29. The Hall–Kier alpha value is -3.54. The maximum absolute atomic E-state index is 13.0. The van der Waals surface area contributed by atoms with E-state index in [0.29, 0.717) is 29.8 Å². The SMILES string of the molecule is Cc1cc(Nc2nc(Nc3ccccc3S(=O)C(C)C)c3c(C)[nH]nc3n2)c2c(c1C1CCNCC1)CC(CO)O2. The maximum atomic E-state index is 13.0. The van der Waals surface area contributed by atoms with Gasteiger partial charge in [0.05, 0.1) is 39.1 Å². The number of rotatable bonds is 8. The van der Waals surface area contributed by atoms with Gasteiger partial charge in [-0.15, -0.1) is 0 Å². The number of nitrogens with zero attached hydrogens (tertiary/aromatic N) is 3. The molecule has 2 aliphatic rings. The van der Waals surface area contributed by atoms with E-state index in [2.05, 4.69) is 39.1 Å². The van der Waals surface area contributed by atoms with Crippen LogP contribution >= 0.6 is 0 Å². The van der Waals surface area contributed by atoms with Gasteiger partial charge in [-0.05, 0) is 75.0 Å². The first-order valence-corrected chi connectivity index (χ1v) is 15.5. The van der Waals surface area contributed by atoms with Crippen molar-refractivity contribution in [2.75, 3.05) is 30.3 Å². The fourth-order valence-electron chi connectivity index (χ4n) is 5.99. The van der Waals surface area contributed by atoms with Crippen LogP contribution in [0, 0.1) is 13.8 Å². The van der Waals surface area contributed by atoms with E-state index < -0.39 is 10.8 Å². The van der Waals surface area contributed by atoms with Crippen molar-refractivity contribution in [3.63, 3.8) is 0 Å². The number of aliphatic hydroxyl groups excluding tert-OH is 1. The number of fused-ring (bicyclic) bond motifs is 2. The van der Waals surface area contributed by atoms with E-state index in [1.165, 1.54) is 16.7 Å². The minimum absolute atomic E-state index is 0.0304. The Morgan fingerprint density at radius 1 is 1.12 bits per heavy atom. The van der Waals surface area contributed by atoms with Crippen molar-refractivity contribution in [2.24, 2.45) is 0 Å². The number of piperidine rings is 1. The number of aryl methyl sites for hydroxylation is 2. The van der Waals surface area contributed by atoms with Crippen LogP contribution in [0.2, 0.25) is 0 Å². The normalized spacial score (nSPS) is 18.0. The summed E-state index contributed by atoms with van der Waals surface area (Å²) in [5.41, 5.74) is 6.54. The van der Waals surface area contributed by atoms with Crippen LogP contribution in [0.5, 0.6) is 5.75 Å². The molecule has 0 aliphatic carbocycles. The summed E-state index contributed by atoms with van der Waals surface area (Å²) in [5.74, 6) is 2.15. The molecular weight excluding hydrogens is 538 g/mol. The molecule has 5 N–H and O–H groups in total. The Bertz CT molecular complexity index is 1610. The van der Waals surface area contributed by atoms with Crippen molar-refractivity contribution in [3.05, 3.63) is 52.7 Å². The Labute approximate surface area is 242 Å². The molecule has 1 saturated heterocycles. The molecule has 0 bridgehead atoms. The largest absolute Gasteiger partial charge is 0.485 e. The molecule has 2 atom stereocenters. The fourth-order valence-corrected chi connectivity index (χ4v) is 7.05. The molecule has 0 spiro atoms. The van der Waals surface area contributed by atoms with Crippen LogP contribution in [0.4, 0.5) is 23.1 Å². The van der Waals surface area contributed by atoms with Crippen LogP contribution in [0.1, 0.15) is 55.0 Å². The monoisotopic (exact) mass is 575 g/mol. The molecule has 0 amide bonds. The molecule has 4 aromatic rings. The number of hydrogen-bond acceptors (Lipinski definition) is 9. The average Bonchev–Trinajstić information content (AvgIpc) is 3.57. The van der Waals surface area contributed by atoms with E-state index in [1.54, 1.807) is 0 Å². The summed E-state index contributed by atoms with van der Waals surface area (Å²) in [5, 5.41) is 28.4. The molecular formula is C30H37N7O3S. The number of benzene rings is 2. The zero-order valence-electron chi connectivity index (χ0n) is 23.9. The quantitative estimate of drug-likeness (QED) is 0.202. The molecule has 2 unspecified atom stereocenters. The van der Waals surface area contributed by atoms with Gasteiger partial charge in [0, 0.05) is 22.9 Å². The van der Waals surface area contributed by atoms with Gasteiger partial charge in [-0.25, -0.2) is 0 Å². The van der Waals surface area contributed by atoms with Crippen LogP contribution in [0.15, 0.2) is 35.2 Å². The van der Waals surface area contributed by atoms with E-state index >= 15 is 0 Å². The summed E-state index contributed by atoms with van der Waals surface area (Å²) >= 11 is 0. The van der Waals surface area contributed by atoms with Crippen molar-refractivity contribution >= 4 is 45.0 Å². The average molecular weight is 576 g/mol. The van der Waals surface area contributed by atoms with Crippen LogP contribution in [-0.2, 0) is 17.2 Å². The lowest BCUT2D eigenvalue weighted by atomic mass is 9.83. The highest BCUT2D eigenvalue weighted by atomic mass is 32.2. The van der Waals surface area contributed by atoms with Gasteiger partial charge in [-0.1, -0.05) is 26.0 Å². The highest BCUT2D eigenvalue weighted by molar-refractivity contribution is 7.85. The molecule has 4 heterocycles. The molecule has 10 nitrogen and oxygen atoms in total. The fraction of sp³-hybridized carbons (Fsp3) is 0.433. The van der Waals surface area contributed by atoms with Crippen LogP contribution in [0.25, 0.3) is 11.0 Å². The molecule has 0 saturated carbocycles. The molecule has 216 valence electrons. The van der Waals surface area contributed by atoms with Crippen LogP contribution in [-0.4, -0.2) is 60.5 Å². The van der Waals surface area contributed by atoms with Gasteiger partial charge in [-0.2, -0.15) is 15.1 Å². The van der Waals surface area contributed by atoms with Gasteiger partial charge >= 0.3 is 0 Å². The Morgan fingerprint density at radius 3 is 2.66 bits per heavy atom. The van der Waals surface area contributed by atoms with Crippen molar-refractivity contribution < 1.29 is 14.1 Å². The molecule has 2 aromatic carbocycles. The molecule has 41 heavy (non-hydrogen) atoms. The zero-order valence-corrected chi connectivity index (χ0v) is 24.7. The smallest absolute Gasteiger partial charge is 0.231 e. The summed E-state index contributed by atoms with van der Waals surface area (Å²) in [7, 11) is -1.18. The number of anilines is 4. The second kappa shape index (κ2) is 11.4. The third-order valence-electron chi connectivity index (χ3n) is 7.92. The van der Waals surface area contributed by atoms with Crippen LogP contribution < -0.4 is 20.7 Å². The summed E-state index contributed by atoms with van der Waals surface area (Å²) in [4.78, 5) is 10.3. The summed E-state index contributed by atoms with van der Waals surface area (Å²) in [6.07, 6.45) is 2.57. The molecule has 11 heteroatoms. The van der Waals surface area contributed by atoms with Gasteiger partial charge in [0.25, 0.3) is 0 Å². The lowest BCUT2D eigenvalue weighted by Crippen LogP contribution is -2.27. The second-order valence-electron chi connectivity index (χ2n) is 11.1. The van der Waals surface area contributed by atoms with Gasteiger partial charge < -0.3 is 25.8 Å². The third-order valence-corrected chi connectivity index (χ3v) is 9.57. The number of H-pyrrole nitrogens is 1. The van der Waals surface area contributed by atoms with E-state index in [4.69, 9.17) is 14.7 Å². The number of aromatic nitrogens is 4. The van der Waals surface area contributed by atoms with Gasteiger partial charge in [0.15, 0.2) is 5.65 Å². The first kappa shape index (κ1) is 27.6. The Balaban J connectivity index is 1.40. The van der Waals surface area contributed by atoms with Crippen molar-refractivity contribution in [3.8, 4) is 5.75 Å². The topological polar surface area (TPSA) is 137 Å². The van der Waals surface area contributed by atoms with E-state index in [0.717, 1.165) is 59.0 Å². The van der Waals surface area contributed by atoms with E-state index in [9.17, 15) is 9.32 Å². The van der Waals surface area contributed by atoms with Crippen molar-refractivity contribution in [1.82, 2.24) is 25.5 Å². The minimum Gasteiger partial charge on any atom is -0.485 e. The highest BCUT2D eigenvalue weighted by Crippen LogP contribution is 2.45. The Kier molecular flexibility index (Phi) is 7.67.